The summed E-state index contributed by atoms with van der Waals surface area (Å²) >= 11 is -1.80. The van der Waals surface area contributed by atoms with Crippen LogP contribution in [0, 0.1) is 6.92 Å². The summed E-state index contributed by atoms with van der Waals surface area (Å²) in [5, 5.41) is 51.0. The first-order chi connectivity index (χ1) is 38.6. The van der Waals surface area contributed by atoms with E-state index in [9.17, 15) is 83.8 Å². The molecule has 7 N–H and O–H groups in total. The van der Waals surface area contributed by atoms with Crippen LogP contribution in [0.25, 0.3) is 37.9 Å². The van der Waals surface area contributed by atoms with Gasteiger partial charge in [0.1, 0.15) is 43.8 Å². The summed E-state index contributed by atoms with van der Waals surface area (Å²) in [7, 11) is -27.9. The van der Waals surface area contributed by atoms with Gasteiger partial charge in [0.2, 0.25) is 11.0 Å². The highest BCUT2D eigenvalue weighted by Gasteiger charge is 2.27. The van der Waals surface area contributed by atoms with E-state index in [1.54, 1.807) is 25.1 Å². The number of hydrogen-bond donors (Lipinski definition) is 7. The first-order valence-electron chi connectivity index (χ1n) is 22.0. The maximum absolute atomic E-state index is 13.1. The zero-order valence-corrected chi connectivity index (χ0v) is 47.6. The molecule has 0 saturated carbocycles. The normalized spacial score (nSPS) is 13.0. The number of fused-ring (bicyclic) bond motifs is 2. The van der Waals surface area contributed by atoms with Crippen molar-refractivity contribution in [3.8, 4) is 34.3 Å². The summed E-state index contributed by atoms with van der Waals surface area (Å²) in [4.78, 5) is 0.484. The molecule has 2 heterocycles. The molecular weight excluding hydrogens is 1270 g/mol. The van der Waals surface area contributed by atoms with Gasteiger partial charge < -0.3 is 19.5 Å². The molecule has 0 spiro atoms. The number of aromatic nitrogens is 3. The Bertz CT molecular complexity index is 4720. The van der Waals surface area contributed by atoms with Crippen molar-refractivity contribution in [1.29, 1.82) is 0 Å². The first kappa shape index (κ1) is 62.8. The van der Waals surface area contributed by atoms with Crippen molar-refractivity contribution in [2.75, 3.05) is 12.4 Å². The molecule has 2 aromatic heterocycles. The van der Waals surface area contributed by atoms with E-state index in [1.807, 2.05) is 0 Å². The van der Waals surface area contributed by atoms with Gasteiger partial charge in [-0.3, -0.25) is 27.0 Å². The van der Waals surface area contributed by atoms with Crippen molar-refractivity contribution in [3.05, 3.63) is 108 Å². The molecule has 8 aromatic rings. The largest absolute Gasteiger partial charge is 0.772 e. The fourth-order valence-corrected chi connectivity index (χ4v) is 12.0. The molecule has 32 nitrogen and oxygen atoms in total. The predicted molar refractivity (Wildman–Crippen MR) is 288 cm³/mol. The van der Waals surface area contributed by atoms with Crippen molar-refractivity contribution in [2.24, 2.45) is 30.7 Å². The monoisotopic (exact) mass is 1300 g/mol. The first-order valence-corrected chi connectivity index (χ1v) is 32.5. The predicted octanol–water partition coefficient (Wildman–Crippen LogP) is 7.29. The van der Waals surface area contributed by atoms with Crippen molar-refractivity contribution in [3.63, 3.8) is 0 Å². The van der Waals surface area contributed by atoms with Crippen molar-refractivity contribution < 1.29 is 101 Å². The minimum atomic E-state index is -5.28. The van der Waals surface area contributed by atoms with Gasteiger partial charge in [0.25, 0.3) is 50.6 Å². The Morgan fingerprint density at radius 2 is 1.24 bits per heavy atom. The third-order valence-corrected chi connectivity index (χ3v) is 16.6. The maximum Gasteiger partial charge on any atom is 0.425 e. The van der Waals surface area contributed by atoms with Crippen LogP contribution in [0.15, 0.2) is 147 Å². The number of nitrogens with zero attached hydrogens (tertiary/aromatic N) is 9. The van der Waals surface area contributed by atoms with Gasteiger partial charge in [0.05, 0.1) is 38.2 Å². The molecule has 0 saturated heterocycles. The molecule has 40 heteroatoms. The van der Waals surface area contributed by atoms with Crippen molar-refractivity contribution in [2.45, 2.75) is 38.7 Å². The van der Waals surface area contributed by atoms with Gasteiger partial charge in [-0.15, -0.1) is 43.3 Å². The summed E-state index contributed by atoms with van der Waals surface area (Å²) in [5.74, 6) is -3.04. The van der Waals surface area contributed by atoms with E-state index in [-0.39, 0.29) is 78.8 Å². The van der Waals surface area contributed by atoms with Crippen LogP contribution in [0.5, 0.6) is 17.4 Å². The minimum Gasteiger partial charge on any atom is -0.772 e. The minimum absolute atomic E-state index is 0.0361. The third-order valence-electron chi connectivity index (χ3n) is 10.8. The summed E-state index contributed by atoms with van der Waals surface area (Å²) in [6, 6.07) is 18.8. The highest BCUT2D eigenvalue weighted by molar-refractivity contribution is 7.87. The molecular formula is C43H34N9O23S8-. The molecule has 1 unspecified atom stereocenters. The van der Waals surface area contributed by atoms with Crippen LogP contribution in [0.3, 0.4) is 0 Å². The Balaban J connectivity index is 0.00000240. The molecule has 0 amide bonds. The molecule has 0 radical (unpaired) electrons. The average Bonchev–Trinajstić information content (AvgIpc) is 4.22. The van der Waals surface area contributed by atoms with E-state index in [1.165, 1.54) is 30.3 Å². The molecule has 0 aliphatic rings. The topological polar surface area (TPSA) is 518 Å². The molecule has 8 rings (SSSR count). The number of thiazole rings is 1. The van der Waals surface area contributed by atoms with Gasteiger partial charge in [-0.05, 0) is 79.1 Å². The fraction of sp³-hybridized carbons (Fsp3) is 0.116. The summed E-state index contributed by atoms with van der Waals surface area (Å²) < 4.78 is 225. The summed E-state index contributed by atoms with van der Waals surface area (Å²) in [5.41, 5.74) is -1.79. The van der Waals surface area contributed by atoms with Crippen LogP contribution in [0.1, 0.15) is 17.5 Å². The SMILES string of the molecule is Cc1cc(N=Nc2ccc3c(S(=O)(=O)O)c(N=Nc4c(-c5ccccc5)nn(-c5cc(S(=O)(=O)O)cc(S(=O)(=O)O)c5)c4O)ccc3c2O)c(OCCCS(=O)(=O)O)cc1N=Nc1nc2c(S(=O)(=O)O)cc(CS(=O)[O-])cc2s1.O=S(=O)=O. The van der Waals surface area contributed by atoms with Gasteiger partial charge in [0, 0.05) is 28.2 Å². The van der Waals surface area contributed by atoms with E-state index < -0.39 is 132 Å². The second-order valence-corrected chi connectivity index (χ2v) is 26.1. The number of rotatable bonds is 19. The molecule has 438 valence electrons. The molecule has 1 atom stereocenters. The van der Waals surface area contributed by atoms with Crippen LogP contribution in [0.2, 0.25) is 0 Å². The Kier molecular flexibility index (Phi) is 18.6. The highest BCUT2D eigenvalue weighted by atomic mass is 32.2. The van der Waals surface area contributed by atoms with E-state index in [0.717, 1.165) is 41.7 Å². The van der Waals surface area contributed by atoms with Gasteiger partial charge in [0.15, 0.2) is 11.4 Å². The highest BCUT2D eigenvalue weighted by Crippen LogP contribution is 2.45. The van der Waals surface area contributed by atoms with E-state index in [0.29, 0.717) is 28.4 Å². The number of aryl methyl sites for hydroxylation is 1. The molecule has 83 heavy (non-hydrogen) atoms. The number of phenols is 1. The van der Waals surface area contributed by atoms with E-state index >= 15 is 0 Å². The number of aromatic hydroxyl groups is 2. The molecule has 0 fully saturated rings. The lowest BCUT2D eigenvalue weighted by Gasteiger charge is -2.11. The lowest BCUT2D eigenvalue weighted by molar-refractivity contribution is 0.317. The lowest BCUT2D eigenvalue weighted by Crippen LogP contribution is -2.08. The average molecular weight is 1300 g/mol. The summed E-state index contributed by atoms with van der Waals surface area (Å²) in [6.45, 7) is 1.22. The molecule has 0 bridgehead atoms. The lowest BCUT2D eigenvalue weighted by atomic mass is 10.1. The van der Waals surface area contributed by atoms with Crippen molar-refractivity contribution >= 4 is 138 Å². The fourth-order valence-electron chi connectivity index (χ4n) is 7.41. The Morgan fingerprint density at radius 1 is 0.651 bits per heavy atom. The van der Waals surface area contributed by atoms with Gasteiger partial charge >= 0.3 is 10.6 Å². The zero-order chi connectivity index (χ0) is 61.1. The number of benzene rings is 6. The zero-order valence-electron chi connectivity index (χ0n) is 41.0. The van der Waals surface area contributed by atoms with Gasteiger partial charge in [-0.2, -0.15) is 51.9 Å². The standard InChI is InChI=1S/C43H35N9O20S7.O3S/c1-22-14-33(34(72-12-5-13-75(57,58)59)20-32(22)47-50-43-44-38-35(73-43)15-23(21-74(55)56)16-36(38)78(66,67)68)48-45-30-10-9-29-28(40(30)53)8-11-31(41(29)79(69,70)71)46-49-39-37(24-6-3-2-4-7-24)51-52(42(39)54)25-17-26(76(60,61)62)19-27(18-25)77(63,64)65;1-4(2)3/h2-4,6-11,14-20,53-54H,5,12-13,21H2,1H3,(H,55,56)(H,57,58,59)(H,60,61,62)(H,63,64,65)(H,66,67,68)(H,69,70,71);/p-1. The Morgan fingerprint density at radius 3 is 1.83 bits per heavy atom. The van der Waals surface area contributed by atoms with Gasteiger partial charge in [-0.1, -0.05) is 58.8 Å². The molecule has 6 aromatic carbocycles. The number of azo groups is 3. The van der Waals surface area contributed by atoms with Crippen LogP contribution in [-0.2, 0) is 78.0 Å². The number of ether oxygens (including phenoxy) is 1. The van der Waals surface area contributed by atoms with Crippen LogP contribution in [-0.4, -0.2) is 124 Å². The smallest absolute Gasteiger partial charge is 0.425 e. The van der Waals surface area contributed by atoms with Crippen LogP contribution < -0.4 is 4.74 Å². The molecule has 0 aliphatic carbocycles. The van der Waals surface area contributed by atoms with Gasteiger partial charge in [-0.25, -0.2) is 4.98 Å². The maximum atomic E-state index is 13.1. The second kappa shape index (κ2) is 24.5. The quantitative estimate of drug-likeness (QED) is 0.0181. The van der Waals surface area contributed by atoms with E-state index in [2.05, 4.69) is 40.8 Å². The van der Waals surface area contributed by atoms with E-state index in [4.69, 9.17) is 17.4 Å². The third kappa shape index (κ3) is 15.6. The second-order valence-electron chi connectivity index (χ2n) is 16.6. The van der Waals surface area contributed by atoms with Crippen molar-refractivity contribution in [1.82, 2.24) is 14.8 Å². The Hall–Kier alpha value is -7.84. The van der Waals surface area contributed by atoms with Crippen LogP contribution in [0.4, 0.5) is 33.6 Å². The van der Waals surface area contributed by atoms with Crippen LogP contribution >= 0.6 is 11.3 Å². The summed E-state index contributed by atoms with van der Waals surface area (Å²) in [6.07, 6.45) is -0.222. The molecule has 0 aliphatic heterocycles. The Labute approximate surface area is 475 Å². The number of phenolic OH excluding ortho intramolecular Hbond substituents is 1. The number of hydrogen-bond acceptors (Lipinski definition) is 27.